The zero-order valence-electron chi connectivity index (χ0n) is 4.74. The van der Waals surface area contributed by atoms with Gasteiger partial charge in [0.2, 0.25) is 0 Å². The zero-order chi connectivity index (χ0) is 7.72. The van der Waals surface area contributed by atoms with Crippen LogP contribution >= 0.6 is 47.8 Å². The summed E-state index contributed by atoms with van der Waals surface area (Å²) in [5.74, 6) is 0. The van der Waals surface area contributed by atoms with Gasteiger partial charge in [-0.15, -0.1) is 0 Å². The molecule has 0 aliphatic rings. The van der Waals surface area contributed by atoms with E-state index in [4.69, 9.17) is 0 Å². The first-order valence-corrected chi connectivity index (χ1v) is 6.57. The predicted octanol–water partition coefficient (Wildman–Crippen LogP) is 2.77. The van der Waals surface area contributed by atoms with Crippen LogP contribution in [0.25, 0.3) is 0 Å². The number of hydrogen-bond acceptors (Lipinski definition) is 0. The molecular weight excluding hydrogens is 521 g/mol. The molecule has 1 rings (SSSR count). The first-order chi connectivity index (χ1) is 4.63. The van der Waals surface area contributed by atoms with Crippen molar-refractivity contribution in [1.82, 2.24) is 0 Å². The fourth-order valence-corrected chi connectivity index (χ4v) is 3.15. The van der Waals surface area contributed by atoms with Crippen molar-refractivity contribution in [3.05, 3.63) is 25.6 Å². The van der Waals surface area contributed by atoms with Crippen LogP contribution in [0.2, 0.25) is 0 Å². The number of halogens is 3. The van der Waals surface area contributed by atoms with Crippen LogP contribution in [0.5, 0.6) is 0 Å². The SMILES string of the molecule is Brc1cc[c]([Bi])c(Br)c1Br. The van der Waals surface area contributed by atoms with E-state index in [0.29, 0.717) is 0 Å². The minimum atomic E-state index is 1.09. The average molecular weight is 523 g/mol. The van der Waals surface area contributed by atoms with Gasteiger partial charge in [-0.1, -0.05) is 0 Å². The molecule has 2 radical (unpaired) electrons. The second-order valence-corrected chi connectivity index (χ2v) is 6.01. The van der Waals surface area contributed by atoms with E-state index >= 15 is 0 Å². The van der Waals surface area contributed by atoms with E-state index in [1.165, 1.54) is 28.0 Å². The molecule has 0 nitrogen and oxygen atoms in total. The molecule has 0 atom stereocenters. The Morgan fingerprint density at radius 1 is 1.00 bits per heavy atom. The Morgan fingerprint density at radius 3 is 2.10 bits per heavy atom. The van der Waals surface area contributed by atoms with Gasteiger partial charge in [0, 0.05) is 0 Å². The second-order valence-electron chi connectivity index (χ2n) is 1.69. The molecule has 0 heterocycles. The molecule has 0 aliphatic carbocycles. The third kappa shape index (κ3) is 2.03. The predicted molar refractivity (Wildman–Crippen MR) is 54.9 cm³/mol. The molecule has 0 amide bonds. The Balaban J connectivity index is 3.34. The van der Waals surface area contributed by atoms with Crippen molar-refractivity contribution in [3.63, 3.8) is 0 Å². The molecule has 52 valence electrons. The fourth-order valence-electron chi connectivity index (χ4n) is 0.516. The monoisotopic (exact) mass is 520 g/mol. The Labute approximate surface area is 100 Å². The summed E-state index contributed by atoms with van der Waals surface area (Å²) >= 11 is 11.6. The van der Waals surface area contributed by atoms with Gasteiger partial charge in [-0.05, 0) is 0 Å². The van der Waals surface area contributed by atoms with Gasteiger partial charge >= 0.3 is 101 Å². The van der Waals surface area contributed by atoms with E-state index in [9.17, 15) is 0 Å². The van der Waals surface area contributed by atoms with Crippen LogP contribution in [0.1, 0.15) is 0 Å². The molecule has 10 heavy (non-hydrogen) atoms. The van der Waals surface area contributed by atoms with Crippen LogP contribution in [-0.4, -0.2) is 24.7 Å². The summed E-state index contributed by atoms with van der Waals surface area (Å²) in [6.45, 7) is 0. The van der Waals surface area contributed by atoms with E-state index in [-0.39, 0.29) is 0 Å². The second kappa shape index (κ2) is 3.97. The van der Waals surface area contributed by atoms with Gasteiger partial charge in [-0.2, -0.15) is 0 Å². The molecular formula is C6H2BiBr3. The van der Waals surface area contributed by atoms with Crippen LogP contribution in [-0.2, 0) is 0 Å². The Kier molecular flexibility index (Phi) is 3.83. The van der Waals surface area contributed by atoms with Crippen molar-refractivity contribution < 1.29 is 0 Å². The molecule has 0 bridgehead atoms. The van der Waals surface area contributed by atoms with E-state index < -0.39 is 0 Å². The summed E-state index contributed by atoms with van der Waals surface area (Å²) < 4.78 is 4.70. The van der Waals surface area contributed by atoms with Crippen LogP contribution in [0.3, 0.4) is 0 Å². The minimum absolute atomic E-state index is 1.09. The van der Waals surface area contributed by atoms with Crippen LogP contribution < -0.4 is 3.27 Å². The summed E-state index contributed by atoms with van der Waals surface area (Å²) in [6, 6.07) is 4.15. The van der Waals surface area contributed by atoms with Gasteiger partial charge in [0.05, 0.1) is 0 Å². The maximum atomic E-state index is 3.48. The summed E-state index contributed by atoms with van der Waals surface area (Å²) in [5, 5.41) is 0. The van der Waals surface area contributed by atoms with Gasteiger partial charge in [-0.3, -0.25) is 0 Å². The third-order valence-corrected chi connectivity index (χ3v) is 7.09. The topological polar surface area (TPSA) is 0 Å². The molecule has 4 heteroatoms. The zero-order valence-corrected chi connectivity index (χ0v) is 13.0. The Hall–Kier alpha value is 1.54. The average Bonchev–Trinajstić information content (AvgIpc) is 1.93. The third-order valence-electron chi connectivity index (χ3n) is 1.01. The molecule has 0 saturated carbocycles. The van der Waals surface area contributed by atoms with E-state index in [1.54, 1.807) is 0 Å². The van der Waals surface area contributed by atoms with Crippen LogP contribution in [0.4, 0.5) is 0 Å². The molecule has 0 aromatic heterocycles. The van der Waals surface area contributed by atoms with Gasteiger partial charge in [-0.25, -0.2) is 0 Å². The molecule has 1 aromatic carbocycles. The van der Waals surface area contributed by atoms with E-state index in [0.717, 1.165) is 13.4 Å². The van der Waals surface area contributed by atoms with Gasteiger partial charge < -0.3 is 0 Å². The summed E-state index contributed by atoms with van der Waals surface area (Å²) in [7, 11) is 0. The first-order valence-electron chi connectivity index (χ1n) is 2.45. The van der Waals surface area contributed by atoms with E-state index in [2.05, 4.69) is 53.9 Å². The fraction of sp³-hybridized carbons (Fsp3) is 0. The maximum absolute atomic E-state index is 3.48. The van der Waals surface area contributed by atoms with Crippen molar-refractivity contribution >= 4 is 75.8 Å². The van der Waals surface area contributed by atoms with E-state index in [1.807, 2.05) is 6.07 Å². The molecule has 1 aromatic rings. The van der Waals surface area contributed by atoms with Crippen molar-refractivity contribution in [3.8, 4) is 0 Å². The van der Waals surface area contributed by atoms with Crippen molar-refractivity contribution in [1.29, 1.82) is 0 Å². The normalized spacial score (nSPS) is 10.0. The summed E-state index contributed by atoms with van der Waals surface area (Å²) in [6.07, 6.45) is 0. The molecule has 0 saturated heterocycles. The first kappa shape index (κ1) is 9.63. The van der Waals surface area contributed by atoms with Crippen molar-refractivity contribution in [2.75, 3.05) is 0 Å². The number of rotatable bonds is 0. The molecule has 0 spiro atoms. The number of hydrogen-bond donors (Lipinski definition) is 0. The van der Waals surface area contributed by atoms with Crippen molar-refractivity contribution in [2.45, 2.75) is 0 Å². The molecule has 0 fully saturated rings. The molecule has 0 aliphatic heterocycles. The summed E-state index contributed by atoms with van der Waals surface area (Å²) in [4.78, 5) is 0. The van der Waals surface area contributed by atoms with Gasteiger partial charge in [0.15, 0.2) is 0 Å². The number of benzene rings is 1. The Morgan fingerprint density at radius 2 is 1.60 bits per heavy atom. The molecule has 0 unspecified atom stereocenters. The Bertz CT molecular complexity index is 232. The van der Waals surface area contributed by atoms with Gasteiger partial charge in [0.25, 0.3) is 0 Å². The summed E-state index contributed by atoms with van der Waals surface area (Å²) in [5.41, 5.74) is 0. The standard InChI is InChI=1S/C6H2Br3.Bi/c7-4-2-1-3-5(8)6(4)9;/h1-2H;. The molecule has 0 N–H and O–H groups in total. The quantitative estimate of drug-likeness (QED) is 0.363. The van der Waals surface area contributed by atoms with Crippen LogP contribution in [0, 0.1) is 0 Å². The van der Waals surface area contributed by atoms with Gasteiger partial charge in [0.1, 0.15) is 0 Å². The van der Waals surface area contributed by atoms with Crippen LogP contribution in [0.15, 0.2) is 25.6 Å². The van der Waals surface area contributed by atoms with Crippen molar-refractivity contribution in [2.24, 2.45) is 0 Å².